The van der Waals surface area contributed by atoms with Crippen molar-refractivity contribution in [3.8, 4) is 17.2 Å². The van der Waals surface area contributed by atoms with Crippen molar-refractivity contribution in [1.29, 1.82) is 0 Å². The Balaban J connectivity index is 2.05. The third-order valence-corrected chi connectivity index (χ3v) is 5.74. The fourth-order valence-corrected chi connectivity index (χ4v) is 4.41. The fourth-order valence-electron chi connectivity index (χ4n) is 3.12. The number of methoxy groups -OCH3 is 3. The van der Waals surface area contributed by atoms with Gasteiger partial charge in [0.2, 0.25) is 5.91 Å². The molecule has 2 aromatic carbocycles. The molecule has 0 N–H and O–H groups in total. The van der Waals surface area contributed by atoms with Gasteiger partial charge in [-0.2, -0.15) is 0 Å². The first-order chi connectivity index (χ1) is 13.1. The lowest BCUT2D eigenvalue weighted by Gasteiger charge is -2.36. The molecule has 144 valence electrons. The summed E-state index contributed by atoms with van der Waals surface area (Å²) in [5.74, 6) is 2.06. The van der Waals surface area contributed by atoms with Gasteiger partial charge in [-0.05, 0) is 6.07 Å². The summed E-state index contributed by atoms with van der Waals surface area (Å²) in [5, 5.41) is -0.346. The molecule has 1 aliphatic rings. The van der Waals surface area contributed by atoms with Gasteiger partial charge in [-0.15, -0.1) is 11.8 Å². The van der Waals surface area contributed by atoms with Crippen LogP contribution >= 0.6 is 11.8 Å². The van der Waals surface area contributed by atoms with E-state index in [9.17, 15) is 9.18 Å². The average molecular weight is 391 g/mol. The molecular formula is C20H22FNO4S. The summed E-state index contributed by atoms with van der Waals surface area (Å²) in [4.78, 5) is 14.4. The number of ether oxygens (including phenoxy) is 3. The van der Waals surface area contributed by atoms with Gasteiger partial charge in [0.15, 0.2) is 0 Å². The van der Waals surface area contributed by atoms with Gasteiger partial charge in [0.05, 0.1) is 26.9 Å². The molecule has 2 aromatic rings. The van der Waals surface area contributed by atoms with E-state index in [2.05, 4.69) is 0 Å². The normalized spacial score (nSPS) is 17.0. The summed E-state index contributed by atoms with van der Waals surface area (Å²) in [6.07, 6.45) is 0.413. The van der Waals surface area contributed by atoms with Gasteiger partial charge in [-0.1, -0.05) is 18.2 Å². The van der Waals surface area contributed by atoms with E-state index in [4.69, 9.17) is 14.2 Å². The van der Waals surface area contributed by atoms with Gasteiger partial charge in [-0.3, -0.25) is 4.79 Å². The van der Waals surface area contributed by atoms with Crippen LogP contribution in [0.4, 0.5) is 4.39 Å². The molecule has 1 fully saturated rings. The highest BCUT2D eigenvalue weighted by Gasteiger charge is 2.34. The quantitative estimate of drug-likeness (QED) is 0.745. The minimum Gasteiger partial charge on any atom is -0.496 e. The molecule has 1 atom stereocenters. The van der Waals surface area contributed by atoms with Crippen molar-refractivity contribution in [2.75, 3.05) is 27.1 Å². The summed E-state index contributed by atoms with van der Waals surface area (Å²) in [5.41, 5.74) is 1.22. The van der Waals surface area contributed by atoms with Crippen LogP contribution in [-0.4, -0.2) is 37.9 Å². The third kappa shape index (κ3) is 3.98. The number of amides is 1. The predicted octanol–water partition coefficient (Wildman–Crippen LogP) is 4.02. The van der Waals surface area contributed by atoms with Gasteiger partial charge >= 0.3 is 0 Å². The van der Waals surface area contributed by atoms with E-state index in [0.29, 0.717) is 35.0 Å². The second kappa shape index (κ2) is 8.52. The molecule has 1 amide bonds. The SMILES string of the molecule is COc1cc(OC)c(C2SCCC(=O)N2Cc2ccccc2F)c(OC)c1. The maximum Gasteiger partial charge on any atom is 0.224 e. The van der Waals surface area contributed by atoms with Crippen molar-refractivity contribution < 1.29 is 23.4 Å². The van der Waals surface area contributed by atoms with Crippen LogP contribution in [0.2, 0.25) is 0 Å². The molecule has 27 heavy (non-hydrogen) atoms. The molecule has 0 spiro atoms. The van der Waals surface area contributed by atoms with E-state index in [0.717, 1.165) is 5.56 Å². The third-order valence-electron chi connectivity index (χ3n) is 4.49. The number of halogens is 1. The minimum absolute atomic E-state index is 0.0260. The van der Waals surface area contributed by atoms with E-state index in [1.165, 1.54) is 6.07 Å². The molecule has 0 radical (unpaired) electrons. The molecule has 0 aromatic heterocycles. The number of carbonyl (C=O) groups is 1. The Morgan fingerprint density at radius 1 is 1.11 bits per heavy atom. The minimum atomic E-state index is -0.346. The van der Waals surface area contributed by atoms with Crippen LogP contribution in [0.1, 0.15) is 22.9 Å². The number of rotatable bonds is 6. The van der Waals surface area contributed by atoms with Crippen LogP contribution in [0, 0.1) is 5.82 Å². The van der Waals surface area contributed by atoms with Crippen molar-refractivity contribution in [2.24, 2.45) is 0 Å². The van der Waals surface area contributed by atoms with E-state index >= 15 is 0 Å². The number of hydrogen-bond acceptors (Lipinski definition) is 5. The van der Waals surface area contributed by atoms with Gasteiger partial charge in [-0.25, -0.2) is 4.39 Å². The molecule has 3 rings (SSSR count). The number of hydrogen-bond donors (Lipinski definition) is 0. The number of thioether (sulfide) groups is 1. The van der Waals surface area contributed by atoms with Crippen LogP contribution in [0.3, 0.4) is 0 Å². The monoisotopic (exact) mass is 391 g/mol. The molecule has 1 aliphatic heterocycles. The van der Waals surface area contributed by atoms with Crippen LogP contribution < -0.4 is 14.2 Å². The van der Waals surface area contributed by atoms with E-state index in [-0.39, 0.29) is 23.6 Å². The Hall–Kier alpha value is -2.41. The summed E-state index contributed by atoms with van der Waals surface area (Å²) in [7, 11) is 4.69. The van der Waals surface area contributed by atoms with Crippen LogP contribution in [0.15, 0.2) is 36.4 Å². The Morgan fingerprint density at radius 3 is 2.37 bits per heavy atom. The lowest BCUT2D eigenvalue weighted by molar-refractivity contribution is -0.132. The topological polar surface area (TPSA) is 48.0 Å². The largest absolute Gasteiger partial charge is 0.496 e. The lowest BCUT2D eigenvalue weighted by atomic mass is 10.1. The first kappa shape index (κ1) is 19.4. The van der Waals surface area contributed by atoms with Gasteiger partial charge in [0.25, 0.3) is 0 Å². The van der Waals surface area contributed by atoms with Crippen molar-refractivity contribution in [1.82, 2.24) is 4.90 Å². The standard InChI is InChI=1S/C20H22FNO4S/c1-24-14-10-16(25-2)19(17(11-14)26-3)20-22(18(23)8-9-27-20)12-13-6-4-5-7-15(13)21/h4-7,10-11,20H,8-9,12H2,1-3H3. The highest BCUT2D eigenvalue weighted by Crippen LogP contribution is 2.47. The second-order valence-corrected chi connectivity index (χ2v) is 7.22. The molecule has 1 unspecified atom stereocenters. The summed E-state index contributed by atoms with van der Waals surface area (Å²) < 4.78 is 30.6. The molecule has 0 bridgehead atoms. The summed E-state index contributed by atoms with van der Waals surface area (Å²) in [6.45, 7) is 0.182. The highest BCUT2D eigenvalue weighted by molar-refractivity contribution is 7.99. The first-order valence-electron chi connectivity index (χ1n) is 8.53. The second-order valence-electron chi connectivity index (χ2n) is 6.03. The van der Waals surface area contributed by atoms with Crippen molar-refractivity contribution in [3.05, 3.63) is 53.3 Å². The Labute approximate surface area is 162 Å². The van der Waals surface area contributed by atoms with Crippen LogP contribution in [-0.2, 0) is 11.3 Å². The number of nitrogens with zero attached hydrogens (tertiary/aromatic N) is 1. The molecular weight excluding hydrogens is 369 g/mol. The maximum atomic E-state index is 14.2. The van der Waals surface area contributed by atoms with Crippen molar-refractivity contribution >= 4 is 17.7 Å². The van der Waals surface area contributed by atoms with E-state index < -0.39 is 0 Å². The highest BCUT2D eigenvalue weighted by atomic mass is 32.2. The fraction of sp³-hybridized carbons (Fsp3) is 0.350. The predicted molar refractivity (Wildman–Crippen MR) is 103 cm³/mol. The average Bonchev–Trinajstić information content (AvgIpc) is 2.70. The molecule has 5 nitrogen and oxygen atoms in total. The molecule has 1 saturated heterocycles. The first-order valence-corrected chi connectivity index (χ1v) is 9.58. The van der Waals surface area contributed by atoms with Crippen molar-refractivity contribution in [3.63, 3.8) is 0 Å². The molecule has 7 heteroatoms. The zero-order chi connectivity index (χ0) is 19.4. The van der Waals surface area contributed by atoms with Crippen molar-refractivity contribution in [2.45, 2.75) is 18.3 Å². The van der Waals surface area contributed by atoms with Gasteiger partial charge < -0.3 is 19.1 Å². The zero-order valence-electron chi connectivity index (χ0n) is 15.5. The summed E-state index contributed by atoms with van der Waals surface area (Å²) >= 11 is 1.61. The Kier molecular flexibility index (Phi) is 6.11. The maximum absolute atomic E-state index is 14.2. The van der Waals surface area contributed by atoms with Gasteiger partial charge in [0.1, 0.15) is 28.4 Å². The van der Waals surface area contributed by atoms with E-state index in [1.807, 2.05) is 0 Å². The molecule has 1 heterocycles. The Bertz CT molecular complexity index is 804. The number of carbonyl (C=O) groups excluding carboxylic acids is 1. The summed E-state index contributed by atoms with van der Waals surface area (Å²) in [6, 6.07) is 10.0. The molecule has 0 aliphatic carbocycles. The van der Waals surface area contributed by atoms with E-state index in [1.54, 1.807) is 68.3 Å². The molecule has 0 saturated carbocycles. The van der Waals surface area contributed by atoms with Crippen LogP contribution in [0.25, 0.3) is 0 Å². The van der Waals surface area contributed by atoms with Gasteiger partial charge in [0, 0.05) is 36.4 Å². The number of benzene rings is 2. The smallest absolute Gasteiger partial charge is 0.224 e. The Morgan fingerprint density at radius 2 is 1.78 bits per heavy atom. The lowest BCUT2D eigenvalue weighted by Crippen LogP contribution is -2.37. The zero-order valence-corrected chi connectivity index (χ0v) is 16.3. The van der Waals surface area contributed by atoms with Crippen LogP contribution in [0.5, 0.6) is 17.2 Å².